The Morgan fingerprint density at radius 2 is 1.92 bits per heavy atom. The number of Topliss-reactive ketones (excluding diaryl/α,β-unsaturated/α-hetero) is 1. The highest BCUT2D eigenvalue weighted by molar-refractivity contribution is 6.02. The zero-order chi connectivity index (χ0) is 18.1. The molecule has 0 bridgehead atoms. The van der Waals surface area contributed by atoms with Crippen molar-refractivity contribution < 1.29 is 9.59 Å². The number of rotatable bonds is 4. The number of likely N-dealkylation sites (N-methyl/N-ethyl adjacent to an activating group) is 1. The van der Waals surface area contributed by atoms with Crippen LogP contribution < -0.4 is 9.80 Å². The second-order valence-corrected chi connectivity index (χ2v) is 6.98. The molecule has 6 heteroatoms. The van der Waals surface area contributed by atoms with Crippen molar-refractivity contribution in [2.24, 2.45) is 0 Å². The summed E-state index contributed by atoms with van der Waals surface area (Å²) in [4.78, 5) is 37.6. The van der Waals surface area contributed by atoms with Gasteiger partial charge in [0.2, 0.25) is 5.91 Å². The molecule has 2 heterocycles. The molecule has 1 aliphatic heterocycles. The first-order chi connectivity index (χ1) is 12.6. The molecule has 1 aliphatic carbocycles. The van der Waals surface area contributed by atoms with Crippen LogP contribution in [-0.4, -0.2) is 41.3 Å². The molecular weight excluding hydrogens is 328 g/mol. The van der Waals surface area contributed by atoms with E-state index in [-0.39, 0.29) is 18.1 Å². The molecule has 2 aliphatic rings. The molecule has 0 unspecified atom stereocenters. The molecule has 1 fully saturated rings. The maximum atomic E-state index is 12.5. The maximum absolute atomic E-state index is 12.5. The fourth-order valence-corrected chi connectivity index (χ4v) is 3.78. The van der Waals surface area contributed by atoms with Crippen molar-refractivity contribution in [2.45, 2.75) is 38.1 Å². The molecule has 1 aromatic heterocycles. The van der Waals surface area contributed by atoms with E-state index in [1.165, 1.54) is 12.8 Å². The first-order valence-corrected chi connectivity index (χ1v) is 9.11. The first kappa shape index (κ1) is 16.7. The quantitative estimate of drug-likeness (QED) is 0.793. The molecule has 0 radical (unpaired) electrons. The largest absolute Gasteiger partial charge is 0.342 e. The average Bonchev–Trinajstić information content (AvgIpc) is 3.20. The van der Waals surface area contributed by atoms with E-state index in [0.29, 0.717) is 24.0 Å². The maximum Gasteiger partial charge on any atom is 0.246 e. The van der Waals surface area contributed by atoms with Crippen molar-refractivity contribution in [3.05, 3.63) is 47.9 Å². The second-order valence-electron chi connectivity index (χ2n) is 6.98. The van der Waals surface area contributed by atoms with Crippen molar-refractivity contribution >= 4 is 23.2 Å². The van der Waals surface area contributed by atoms with Crippen molar-refractivity contribution in [2.75, 3.05) is 23.4 Å². The number of carbonyl (C=O) groups is 2. The number of ketones is 1. The minimum absolute atomic E-state index is 0.00166. The van der Waals surface area contributed by atoms with Crippen LogP contribution in [0.1, 0.15) is 41.9 Å². The van der Waals surface area contributed by atoms with Gasteiger partial charge in [0, 0.05) is 18.7 Å². The fourth-order valence-electron chi connectivity index (χ4n) is 3.78. The van der Waals surface area contributed by atoms with Crippen molar-refractivity contribution in [3.8, 4) is 0 Å². The molecular formula is C20H22N4O2. The normalized spacial score (nSPS) is 17.5. The third kappa shape index (κ3) is 3.07. The van der Waals surface area contributed by atoms with Gasteiger partial charge in [0.05, 0.1) is 19.2 Å². The van der Waals surface area contributed by atoms with E-state index < -0.39 is 0 Å². The van der Waals surface area contributed by atoms with Crippen LogP contribution in [0.15, 0.2) is 36.5 Å². The molecule has 0 saturated heterocycles. The van der Waals surface area contributed by atoms with Gasteiger partial charge in [-0.3, -0.25) is 9.59 Å². The molecule has 0 spiro atoms. The third-order valence-electron chi connectivity index (χ3n) is 5.29. The highest BCUT2D eigenvalue weighted by Crippen LogP contribution is 2.35. The minimum Gasteiger partial charge on any atom is -0.342 e. The third-order valence-corrected chi connectivity index (χ3v) is 5.29. The number of nitrogens with zero attached hydrogens (tertiary/aromatic N) is 4. The zero-order valence-corrected chi connectivity index (χ0v) is 14.9. The molecule has 6 nitrogen and oxygen atoms in total. The van der Waals surface area contributed by atoms with Gasteiger partial charge in [0.1, 0.15) is 11.5 Å². The van der Waals surface area contributed by atoms with Crippen LogP contribution >= 0.6 is 0 Å². The summed E-state index contributed by atoms with van der Waals surface area (Å²) in [6, 6.07) is 9.54. The van der Waals surface area contributed by atoms with Gasteiger partial charge in [-0.25, -0.2) is 9.97 Å². The first-order valence-electron chi connectivity index (χ1n) is 9.11. The summed E-state index contributed by atoms with van der Waals surface area (Å²) in [7, 11) is 1.76. The minimum atomic E-state index is -0.00166. The Kier molecular flexibility index (Phi) is 4.41. The van der Waals surface area contributed by atoms with E-state index >= 15 is 0 Å². The van der Waals surface area contributed by atoms with Gasteiger partial charge in [-0.2, -0.15) is 0 Å². The fraction of sp³-hybridized carbons (Fsp3) is 0.400. The number of anilines is 2. The lowest BCUT2D eigenvalue weighted by atomic mass is 10.1. The molecule has 26 heavy (non-hydrogen) atoms. The van der Waals surface area contributed by atoms with Gasteiger partial charge in [-0.1, -0.05) is 43.2 Å². The molecule has 1 amide bonds. The summed E-state index contributed by atoms with van der Waals surface area (Å²) < 4.78 is 0. The summed E-state index contributed by atoms with van der Waals surface area (Å²) in [5.41, 5.74) is 1.39. The predicted molar refractivity (Wildman–Crippen MR) is 99.5 cm³/mol. The Labute approximate surface area is 152 Å². The number of aromatic nitrogens is 2. The Bertz CT molecular complexity index is 831. The van der Waals surface area contributed by atoms with Gasteiger partial charge in [0.25, 0.3) is 0 Å². The van der Waals surface area contributed by atoms with E-state index in [1.54, 1.807) is 30.3 Å². The number of carbonyl (C=O) groups excluding carboxylic acids is 2. The van der Waals surface area contributed by atoms with Crippen molar-refractivity contribution in [1.82, 2.24) is 9.97 Å². The van der Waals surface area contributed by atoms with Crippen molar-refractivity contribution in [3.63, 3.8) is 0 Å². The lowest BCUT2D eigenvalue weighted by Crippen LogP contribution is -2.48. The number of amides is 1. The second kappa shape index (κ2) is 6.86. The van der Waals surface area contributed by atoms with Crippen LogP contribution in [0.5, 0.6) is 0 Å². The van der Waals surface area contributed by atoms with Gasteiger partial charge < -0.3 is 9.80 Å². The molecule has 1 aromatic carbocycles. The highest BCUT2D eigenvalue weighted by atomic mass is 16.2. The van der Waals surface area contributed by atoms with E-state index in [2.05, 4.69) is 14.9 Å². The Morgan fingerprint density at radius 1 is 1.19 bits per heavy atom. The van der Waals surface area contributed by atoms with E-state index in [1.807, 2.05) is 18.2 Å². The SMILES string of the molecule is CN1C(=O)CN(C2CCCC2)c2nc(CC(=O)c3ccccc3)ncc21. The molecule has 2 aromatic rings. The van der Waals surface area contributed by atoms with Crippen LogP contribution in [0.4, 0.5) is 11.5 Å². The Hall–Kier alpha value is -2.76. The number of hydrogen-bond donors (Lipinski definition) is 0. The van der Waals surface area contributed by atoms with Gasteiger partial charge >= 0.3 is 0 Å². The number of hydrogen-bond acceptors (Lipinski definition) is 5. The smallest absolute Gasteiger partial charge is 0.246 e. The monoisotopic (exact) mass is 350 g/mol. The van der Waals surface area contributed by atoms with E-state index in [9.17, 15) is 9.59 Å². The summed E-state index contributed by atoms with van der Waals surface area (Å²) in [5.74, 6) is 1.34. The number of benzene rings is 1. The molecule has 4 rings (SSSR count). The standard InChI is InChI=1S/C20H22N4O2/c1-23-16-12-21-18(11-17(25)14-7-3-2-4-8-14)22-20(16)24(13-19(23)26)15-9-5-6-10-15/h2-4,7-8,12,15H,5-6,9-11,13H2,1H3. The van der Waals surface area contributed by atoms with E-state index in [4.69, 9.17) is 0 Å². The lowest BCUT2D eigenvalue weighted by Gasteiger charge is -2.37. The number of fused-ring (bicyclic) bond motifs is 1. The van der Waals surface area contributed by atoms with Crippen LogP contribution in [0.2, 0.25) is 0 Å². The van der Waals surface area contributed by atoms with Crippen LogP contribution in [0.25, 0.3) is 0 Å². The van der Waals surface area contributed by atoms with Crippen LogP contribution in [0.3, 0.4) is 0 Å². The summed E-state index contributed by atoms with van der Waals surface area (Å²) >= 11 is 0. The predicted octanol–water partition coefficient (Wildman–Crippen LogP) is 2.63. The van der Waals surface area contributed by atoms with E-state index in [0.717, 1.165) is 24.3 Å². The van der Waals surface area contributed by atoms with Crippen LogP contribution in [0, 0.1) is 0 Å². The zero-order valence-electron chi connectivity index (χ0n) is 14.9. The molecule has 0 N–H and O–H groups in total. The van der Waals surface area contributed by atoms with Crippen LogP contribution in [-0.2, 0) is 11.2 Å². The molecule has 1 saturated carbocycles. The van der Waals surface area contributed by atoms with Gasteiger partial charge in [-0.05, 0) is 12.8 Å². The van der Waals surface area contributed by atoms with Crippen molar-refractivity contribution in [1.29, 1.82) is 0 Å². The molecule has 134 valence electrons. The lowest BCUT2D eigenvalue weighted by molar-refractivity contribution is -0.117. The summed E-state index contributed by atoms with van der Waals surface area (Å²) in [6.07, 6.45) is 6.37. The topological polar surface area (TPSA) is 66.4 Å². The van der Waals surface area contributed by atoms with Gasteiger partial charge in [-0.15, -0.1) is 0 Å². The molecule has 0 atom stereocenters. The highest BCUT2D eigenvalue weighted by Gasteiger charge is 2.34. The summed E-state index contributed by atoms with van der Waals surface area (Å²) in [6.45, 7) is 0.344. The average molecular weight is 350 g/mol. The van der Waals surface area contributed by atoms with Gasteiger partial charge in [0.15, 0.2) is 11.6 Å². The summed E-state index contributed by atoms with van der Waals surface area (Å²) in [5, 5.41) is 0. The Morgan fingerprint density at radius 3 is 2.65 bits per heavy atom. The Balaban J connectivity index is 1.64.